The Bertz CT molecular complexity index is 769. The number of hydrogen-bond acceptors (Lipinski definition) is 4. The predicted molar refractivity (Wildman–Crippen MR) is 102 cm³/mol. The molecule has 0 aliphatic heterocycles. The van der Waals surface area contributed by atoms with Crippen molar-refractivity contribution >= 4 is 11.7 Å². The topological polar surface area (TPSA) is 60.0 Å². The molecule has 6 nitrogen and oxygen atoms in total. The van der Waals surface area contributed by atoms with Crippen LogP contribution in [0, 0.1) is 5.82 Å². The lowest BCUT2D eigenvalue weighted by Crippen LogP contribution is -2.34. The van der Waals surface area contributed by atoms with Gasteiger partial charge in [-0.3, -0.25) is 0 Å². The van der Waals surface area contributed by atoms with Crippen molar-refractivity contribution in [3.05, 3.63) is 53.8 Å². The molecule has 0 bridgehead atoms. The molecule has 1 atom stereocenters. The van der Waals surface area contributed by atoms with Crippen LogP contribution in [0.5, 0.6) is 11.5 Å². The average molecular weight is 376 g/mol. The van der Waals surface area contributed by atoms with Crippen molar-refractivity contribution in [2.45, 2.75) is 13.0 Å². The summed E-state index contributed by atoms with van der Waals surface area (Å²) in [6.07, 6.45) is 0. The number of methoxy groups -OCH3 is 2. The first-order valence-corrected chi connectivity index (χ1v) is 8.56. The van der Waals surface area contributed by atoms with E-state index < -0.39 is 6.04 Å². The molecule has 0 saturated heterocycles. The third-order valence-corrected chi connectivity index (χ3v) is 4.22. The van der Waals surface area contributed by atoms with Crippen LogP contribution in [-0.4, -0.2) is 45.4 Å². The molecule has 0 saturated carbocycles. The molecule has 0 heterocycles. The highest BCUT2D eigenvalue weighted by molar-refractivity contribution is 5.89. The number of urea groups is 1. The van der Waals surface area contributed by atoms with Crippen molar-refractivity contribution in [1.82, 2.24) is 4.90 Å². The number of carbonyl (C=O) groups is 1. The number of amides is 2. The molecular formula is C20H25FN2O4. The van der Waals surface area contributed by atoms with Gasteiger partial charge in [0.05, 0.1) is 19.8 Å². The first kappa shape index (κ1) is 20.5. The van der Waals surface area contributed by atoms with Crippen LogP contribution in [0.15, 0.2) is 42.5 Å². The zero-order chi connectivity index (χ0) is 19.8. The van der Waals surface area contributed by atoms with Gasteiger partial charge in [0.1, 0.15) is 12.4 Å². The normalized spacial score (nSPS) is 11.6. The SMILES string of the molecule is COCCOc1cc(NC(=O)N(C)[C@@H](C)c2ccccc2F)ccc1OC. The Balaban J connectivity index is 2.10. The van der Waals surface area contributed by atoms with E-state index in [9.17, 15) is 9.18 Å². The molecule has 7 heteroatoms. The van der Waals surface area contributed by atoms with Crippen LogP contribution in [-0.2, 0) is 4.74 Å². The Hall–Kier alpha value is -2.80. The van der Waals surface area contributed by atoms with E-state index in [-0.39, 0.29) is 11.8 Å². The zero-order valence-electron chi connectivity index (χ0n) is 16.0. The summed E-state index contributed by atoms with van der Waals surface area (Å²) in [5, 5.41) is 2.79. The summed E-state index contributed by atoms with van der Waals surface area (Å²) < 4.78 is 29.8. The molecule has 0 fully saturated rings. The second kappa shape index (κ2) is 9.78. The maximum absolute atomic E-state index is 14.0. The predicted octanol–water partition coefficient (Wildman–Crippen LogP) is 4.08. The van der Waals surface area contributed by atoms with Gasteiger partial charge in [0.15, 0.2) is 11.5 Å². The van der Waals surface area contributed by atoms with Crippen LogP contribution in [0.2, 0.25) is 0 Å². The van der Waals surface area contributed by atoms with Crippen LogP contribution in [0.1, 0.15) is 18.5 Å². The summed E-state index contributed by atoms with van der Waals surface area (Å²) in [6.45, 7) is 2.56. The maximum Gasteiger partial charge on any atom is 0.322 e. The second-order valence-electron chi connectivity index (χ2n) is 5.95. The molecule has 1 N–H and O–H groups in total. The van der Waals surface area contributed by atoms with Crippen molar-refractivity contribution in [3.63, 3.8) is 0 Å². The molecule has 0 spiro atoms. The molecule has 0 unspecified atom stereocenters. The van der Waals surface area contributed by atoms with Crippen molar-refractivity contribution < 1.29 is 23.4 Å². The van der Waals surface area contributed by atoms with Gasteiger partial charge in [0, 0.05) is 31.5 Å². The van der Waals surface area contributed by atoms with Crippen molar-refractivity contribution in [2.75, 3.05) is 39.8 Å². The third kappa shape index (κ3) is 5.34. The lowest BCUT2D eigenvalue weighted by Gasteiger charge is -2.26. The highest BCUT2D eigenvalue weighted by Crippen LogP contribution is 2.30. The molecule has 2 amide bonds. The summed E-state index contributed by atoms with van der Waals surface area (Å²) in [5.41, 5.74) is 0.995. The molecule has 0 radical (unpaired) electrons. The molecule has 0 aromatic heterocycles. The van der Waals surface area contributed by atoms with E-state index in [1.165, 1.54) is 11.0 Å². The third-order valence-electron chi connectivity index (χ3n) is 4.22. The van der Waals surface area contributed by atoms with Crippen LogP contribution < -0.4 is 14.8 Å². The molecule has 2 rings (SSSR count). The Labute approximate surface area is 158 Å². The van der Waals surface area contributed by atoms with Gasteiger partial charge < -0.3 is 24.4 Å². The van der Waals surface area contributed by atoms with Gasteiger partial charge in [-0.15, -0.1) is 0 Å². The minimum atomic E-state index is -0.429. The fourth-order valence-corrected chi connectivity index (χ4v) is 2.51. The molecule has 0 aliphatic rings. The summed E-state index contributed by atoms with van der Waals surface area (Å²) in [7, 11) is 4.75. The Morgan fingerprint density at radius 2 is 1.89 bits per heavy atom. The van der Waals surface area contributed by atoms with Crippen LogP contribution >= 0.6 is 0 Å². The number of carbonyl (C=O) groups excluding carboxylic acids is 1. The first-order chi connectivity index (χ1) is 13.0. The van der Waals surface area contributed by atoms with Crippen molar-refractivity contribution in [3.8, 4) is 11.5 Å². The largest absolute Gasteiger partial charge is 0.493 e. The van der Waals surface area contributed by atoms with E-state index in [2.05, 4.69) is 5.32 Å². The molecule has 146 valence electrons. The summed E-state index contributed by atoms with van der Waals surface area (Å²) >= 11 is 0. The van der Waals surface area contributed by atoms with E-state index in [1.54, 1.807) is 64.6 Å². The fraction of sp³-hybridized carbons (Fsp3) is 0.350. The summed E-state index contributed by atoms with van der Waals surface area (Å²) in [4.78, 5) is 14.0. The van der Waals surface area contributed by atoms with Crippen LogP contribution in [0.3, 0.4) is 0 Å². The number of anilines is 1. The van der Waals surface area contributed by atoms with Gasteiger partial charge in [0.2, 0.25) is 0 Å². The Morgan fingerprint density at radius 3 is 2.56 bits per heavy atom. The fourth-order valence-electron chi connectivity index (χ4n) is 2.51. The summed E-state index contributed by atoms with van der Waals surface area (Å²) in [6, 6.07) is 10.7. The number of nitrogens with zero attached hydrogens (tertiary/aromatic N) is 1. The minimum Gasteiger partial charge on any atom is -0.493 e. The maximum atomic E-state index is 14.0. The Morgan fingerprint density at radius 1 is 1.15 bits per heavy atom. The van der Waals surface area contributed by atoms with E-state index in [0.29, 0.717) is 36.0 Å². The van der Waals surface area contributed by atoms with E-state index in [0.717, 1.165) is 0 Å². The monoisotopic (exact) mass is 376 g/mol. The summed E-state index contributed by atoms with van der Waals surface area (Å²) in [5.74, 6) is 0.706. The van der Waals surface area contributed by atoms with Crippen LogP contribution in [0.25, 0.3) is 0 Å². The number of ether oxygens (including phenoxy) is 3. The number of halogens is 1. The lowest BCUT2D eigenvalue weighted by atomic mass is 10.1. The zero-order valence-corrected chi connectivity index (χ0v) is 16.0. The Kier molecular flexibility index (Phi) is 7.43. The minimum absolute atomic E-state index is 0.345. The van der Waals surface area contributed by atoms with E-state index in [4.69, 9.17) is 14.2 Å². The van der Waals surface area contributed by atoms with E-state index >= 15 is 0 Å². The standard InChI is InChI=1S/C20H25FN2O4/c1-14(16-7-5-6-8-17(16)21)23(2)20(24)22-15-9-10-18(26-4)19(13-15)27-12-11-25-3/h5-10,13-14H,11-12H2,1-4H3,(H,22,24)/t14-/m0/s1. The molecule has 2 aromatic rings. The highest BCUT2D eigenvalue weighted by Gasteiger charge is 2.20. The van der Waals surface area contributed by atoms with E-state index in [1.807, 2.05) is 0 Å². The van der Waals surface area contributed by atoms with Gasteiger partial charge in [-0.1, -0.05) is 18.2 Å². The average Bonchev–Trinajstić information content (AvgIpc) is 2.67. The number of rotatable bonds is 8. The van der Waals surface area contributed by atoms with Gasteiger partial charge in [-0.25, -0.2) is 9.18 Å². The van der Waals surface area contributed by atoms with Crippen LogP contribution in [0.4, 0.5) is 14.9 Å². The van der Waals surface area contributed by atoms with Crippen molar-refractivity contribution in [2.24, 2.45) is 0 Å². The van der Waals surface area contributed by atoms with Crippen molar-refractivity contribution in [1.29, 1.82) is 0 Å². The molecular weight excluding hydrogens is 351 g/mol. The van der Waals surface area contributed by atoms with Gasteiger partial charge in [-0.2, -0.15) is 0 Å². The quantitative estimate of drug-likeness (QED) is 0.705. The molecule has 0 aliphatic carbocycles. The second-order valence-corrected chi connectivity index (χ2v) is 5.95. The molecule has 27 heavy (non-hydrogen) atoms. The number of nitrogens with one attached hydrogen (secondary N) is 1. The molecule has 2 aromatic carbocycles. The lowest BCUT2D eigenvalue weighted by molar-refractivity contribution is 0.144. The number of hydrogen-bond donors (Lipinski definition) is 1. The van der Waals surface area contributed by atoms with Gasteiger partial charge >= 0.3 is 6.03 Å². The van der Waals surface area contributed by atoms with Gasteiger partial charge in [-0.05, 0) is 25.1 Å². The smallest absolute Gasteiger partial charge is 0.322 e. The van der Waals surface area contributed by atoms with Gasteiger partial charge in [0.25, 0.3) is 0 Å². The number of benzene rings is 2. The first-order valence-electron chi connectivity index (χ1n) is 8.56. The highest BCUT2D eigenvalue weighted by atomic mass is 19.1.